The zero-order valence-corrected chi connectivity index (χ0v) is 8.85. The molecule has 1 aliphatic rings. The quantitative estimate of drug-likeness (QED) is 0.501. The van der Waals surface area contributed by atoms with E-state index in [0.29, 0.717) is 5.92 Å². The largest absolute Gasteiger partial charge is 0.306 e. The van der Waals surface area contributed by atoms with Gasteiger partial charge in [0, 0.05) is 5.92 Å². The van der Waals surface area contributed by atoms with Gasteiger partial charge in [-0.3, -0.25) is 0 Å². The Bertz CT molecular complexity index is 144. The maximum absolute atomic E-state index is 3.23. The van der Waals surface area contributed by atoms with Gasteiger partial charge in [0.05, 0.1) is 0 Å². The van der Waals surface area contributed by atoms with Crippen LogP contribution in [0.3, 0.4) is 0 Å². The molecule has 0 bridgehead atoms. The van der Waals surface area contributed by atoms with Gasteiger partial charge in [0.2, 0.25) is 0 Å². The third-order valence-electron chi connectivity index (χ3n) is 2.07. The molecule has 1 heteroatoms. The summed E-state index contributed by atoms with van der Waals surface area (Å²) in [6.07, 6.45) is 2.52. The monoisotopic (exact) mass is 167 g/mol. The summed E-state index contributed by atoms with van der Waals surface area (Å²) in [7, 11) is 2.18. The highest BCUT2D eigenvalue weighted by atomic mass is 15.1. The first-order valence-corrected chi connectivity index (χ1v) is 4.93. The van der Waals surface area contributed by atoms with Crippen LogP contribution < -0.4 is 0 Å². The fourth-order valence-electron chi connectivity index (χ4n) is 1.36. The van der Waals surface area contributed by atoms with E-state index in [2.05, 4.69) is 23.8 Å². The van der Waals surface area contributed by atoms with Crippen molar-refractivity contribution in [3.8, 4) is 11.8 Å². The second kappa shape index (κ2) is 7.18. The number of piperidine rings is 1. The average Bonchev–Trinajstić information content (AvgIpc) is 2.13. The summed E-state index contributed by atoms with van der Waals surface area (Å²) in [5.41, 5.74) is 0. The molecular formula is C11H21N. The Kier molecular flexibility index (Phi) is 6.90. The summed E-state index contributed by atoms with van der Waals surface area (Å²) < 4.78 is 0. The van der Waals surface area contributed by atoms with Crippen molar-refractivity contribution in [1.29, 1.82) is 0 Å². The van der Waals surface area contributed by atoms with E-state index in [1.165, 1.54) is 25.9 Å². The lowest BCUT2D eigenvalue weighted by Crippen LogP contribution is -2.29. The van der Waals surface area contributed by atoms with E-state index in [-0.39, 0.29) is 0 Å². The van der Waals surface area contributed by atoms with Gasteiger partial charge in [-0.1, -0.05) is 13.8 Å². The van der Waals surface area contributed by atoms with Crippen LogP contribution in [-0.4, -0.2) is 25.0 Å². The Balaban J connectivity index is 0.000000561. The Labute approximate surface area is 77.1 Å². The molecule has 0 spiro atoms. The van der Waals surface area contributed by atoms with Gasteiger partial charge >= 0.3 is 0 Å². The lowest BCUT2D eigenvalue weighted by Gasteiger charge is -2.25. The van der Waals surface area contributed by atoms with Gasteiger partial charge in [-0.2, -0.15) is 0 Å². The second-order valence-corrected chi connectivity index (χ2v) is 2.97. The van der Waals surface area contributed by atoms with Gasteiger partial charge in [-0.15, -0.1) is 11.8 Å². The Morgan fingerprint density at radius 1 is 1.17 bits per heavy atom. The average molecular weight is 167 g/mol. The normalized spacial score (nSPS) is 18.7. The van der Waals surface area contributed by atoms with Crippen molar-refractivity contribution in [3.05, 3.63) is 0 Å². The van der Waals surface area contributed by atoms with Gasteiger partial charge in [-0.25, -0.2) is 0 Å². The van der Waals surface area contributed by atoms with Crippen LogP contribution in [0.15, 0.2) is 0 Å². The van der Waals surface area contributed by atoms with Gasteiger partial charge < -0.3 is 4.90 Å². The molecule has 1 rings (SSSR count). The van der Waals surface area contributed by atoms with Crippen molar-refractivity contribution < 1.29 is 0 Å². The first-order valence-electron chi connectivity index (χ1n) is 4.93. The number of nitrogens with zero attached hydrogens (tertiary/aromatic N) is 1. The lowest BCUT2D eigenvalue weighted by atomic mass is 9.98. The molecule has 70 valence electrons. The van der Waals surface area contributed by atoms with E-state index in [0.717, 1.165) is 0 Å². The van der Waals surface area contributed by atoms with Crippen molar-refractivity contribution in [2.45, 2.75) is 33.6 Å². The molecule has 1 saturated heterocycles. The predicted octanol–water partition coefficient (Wildman–Crippen LogP) is 2.38. The molecule has 1 fully saturated rings. The van der Waals surface area contributed by atoms with Gasteiger partial charge in [0.1, 0.15) is 0 Å². The molecule has 0 aromatic rings. The minimum absolute atomic E-state index is 0.682. The summed E-state index contributed by atoms with van der Waals surface area (Å²) in [5, 5.41) is 0. The second-order valence-electron chi connectivity index (χ2n) is 2.97. The fourth-order valence-corrected chi connectivity index (χ4v) is 1.36. The Morgan fingerprint density at radius 2 is 1.67 bits per heavy atom. The predicted molar refractivity (Wildman–Crippen MR) is 55.0 cm³/mol. The molecule has 1 heterocycles. The highest BCUT2D eigenvalue weighted by Crippen LogP contribution is 2.14. The van der Waals surface area contributed by atoms with E-state index in [4.69, 9.17) is 0 Å². The van der Waals surface area contributed by atoms with Gasteiger partial charge in [0.15, 0.2) is 0 Å². The molecule has 0 N–H and O–H groups in total. The van der Waals surface area contributed by atoms with Crippen LogP contribution in [0.1, 0.15) is 33.6 Å². The van der Waals surface area contributed by atoms with Crippen LogP contribution >= 0.6 is 0 Å². The third kappa shape index (κ3) is 4.41. The number of rotatable bonds is 0. The molecule has 0 atom stereocenters. The first kappa shape index (κ1) is 11.5. The SMILES string of the molecule is CC.CC#CC1CCN(C)CC1. The highest BCUT2D eigenvalue weighted by molar-refractivity contribution is 5.02. The molecule has 0 unspecified atom stereocenters. The molecule has 1 aliphatic heterocycles. The van der Waals surface area contributed by atoms with Gasteiger partial charge in [-0.05, 0) is 39.9 Å². The summed E-state index contributed by atoms with van der Waals surface area (Å²) in [6, 6.07) is 0. The smallest absolute Gasteiger partial charge is 0.0227 e. The maximum Gasteiger partial charge on any atom is 0.0227 e. The summed E-state index contributed by atoms with van der Waals surface area (Å²) in [4.78, 5) is 2.37. The number of hydrogen-bond donors (Lipinski definition) is 0. The minimum atomic E-state index is 0.682. The van der Waals surface area contributed by atoms with E-state index < -0.39 is 0 Å². The molecule has 0 amide bonds. The van der Waals surface area contributed by atoms with Crippen molar-refractivity contribution >= 4 is 0 Å². The summed E-state index contributed by atoms with van der Waals surface area (Å²) in [6.45, 7) is 8.37. The van der Waals surface area contributed by atoms with Crippen LogP contribution in [0.2, 0.25) is 0 Å². The standard InChI is InChI=1S/C9H15N.C2H6/c1-3-4-9-5-7-10(2)8-6-9;1-2/h9H,5-8H2,1-2H3;1-2H3. The fraction of sp³-hybridized carbons (Fsp3) is 0.818. The molecular weight excluding hydrogens is 146 g/mol. The minimum Gasteiger partial charge on any atom is -0.306 e. The topological polar surface area (TPSA) is 3.24 Å². The lowest BCUT2D eigenvalue weighted by molar-refractivity contribution is 0.248. The van der Waals surface area contributed by atoms with Gasteiger partial charge in [0.25, 0.3) is 0 Å². The zero-order chi connectivity index (χ0) is 9.40. The maximum atomic E-state index is 3.23. The first-order chi connectivity index (χ1) is 5.83. The Morgan fingerprint density at radius 3 is 2.08 bits per heavy atom. The molecule has 12 heavy (non-hydrogen) atoms. The molecule has 0 aromatic carbocycles. The van der Waals surface area contributed by atoms with Crippen LogP contribution in [-0.2, 0) is 0 Å². The number of likely N-dealkylation sites (tertiary alicyclic amines) is 1. The van der Waals surface area contributed by atoms with Crippen molar-refractivity contribution in [2.75, 3.05) is 20.1 Å². The van der Waals surface area contributed by atoms with Crippen LogP contribution in [0.5, 0.6) is 0 Å². The van der Waals surface area contributed by atoms with Crippen LogP contribution in [0.4, 0.5) is 0 Å². The van der Waals surface area contributed by atoms with Crippen molar-refractivity contribution in [3.63, 3.8) is 0 Å². The molecule has 1 nitrogen and oxygen atoms in total. The summed E-state index contributed by atoms with van der Waals surface area (Å²) >= 11 is 0. The highest BCUT2D eigenvalue weighted by Gasteiger charge is 2.13. The summed E-state index contributed by atoms with van der Waals surface area (Å²) in [5.74, 6) is 6.89. The molecule has 0 saturated carbocycles. The van der Waals surface area contributed by atoms with E-state index in [9.17, 15) is 0 Å². The van der Waals surface area contributed by atoms with E-state index in [1.807, 2.05) is 20.8 Å². The van der Waals surface area contributed by atoms with E-state index in [1.54, 1.807) is 0 Å². The molecule has 0 aromatic heterocycles. The van der Waals surface area contributed by atoms with Crippen molar-refractivity contribution in [2.24, 2.45) is 5.92 Å². The van der Waals surface area contributed by atoms with Crippen molar-refractivity contribution in [1.82, 2.24) is 4.90 Å². The number of hydrogen-bond acceptors (Lipinski definition) is 1. The zero-order valence-electron chi connectivity index (χ0n) is 8.85. The Hall–Kier alpha value is -0.480. The van der Waals surface area contributed by atoms with E-state index >= 15 is 0 Å². The van der Waals surface area contributed by atoms with Crippen LogP contribution in [0, 0.1) is 17.8 Å². The molecule has 0 aliphatic carbocycles. The molecule has 0 radical (unpaired) electrons. The third-order valence-corrected chi connectivity index (χ3v) is 2.07. The van der Waals surface area contributed by atoms with Crippen LogP contribution in [0.25, 0.3) is 0 Å².